The standard InChI is InChI=1S/C13H26N2O3S/c1-5-9-19(17,18)15-8-6-7-12(15)13(16)14-11(4)10(2)3/h10-12H,5-9H2,1-4H3,(H,14,16). The number of hydrogen-bond donors (Lipinski definition) is 1. The van der Waals surface area contributed by atoms with Gasteiger partial charge in [0.25, 0.3) is 0 Å². The Hall–Kier alpha value is -0.620. The topological polar surface area (TPSA) is 66.5 Å². The molecule has 0 aromatic rings. The first-order chi connectivity index (χ1) is 8.79. The highest BCUT2D eigenvalue weighted by Crippen LogP contribution is 2.22. The second kappa shape index (κ2) is 6.70. The van der Waals surface area contributed by atoms with E-state index in [9.17, 15) is 13.2 Å². The van der Waals surface area contributed by atoms with Crippen molar-refractivity contribution in [2.24, 2.45) is 5.92 Å². The average molecular weight is 290 g/mol. The Morgan fingerprint density at radius 1 is 1.37 bits per heavy atom. The molecule has 0 aromatic carbocycles. The molecule has 0 spiro atoms. The van der Waals surface area contributed by atoms with E-state index in [1.165, 1.54) is 4.31 Å². The van der Waals surface area contributed by atoms with Crippen LogP contribution in [0.1, 0.15) is 47.0 Å². The molecule has 2 unspecified atom stereocenters. The third kappa shape index (κ3) is 4.18. The molecule has 19 heavy (non-hydrogen) atoms. The van der Waals surface area contributed by atoms with Gasteiger partial charge >= 0.3 is 0 Å². The number of amides is 1. The number of carbonyl (C=O) groups is 1. The third-order valence-corrected chi connectivity index (χ3v) is 5.77. The second-order valence-corrected chi connectivity index (χ2v) is 7.67. The van der Waals surface area contributed by atoms with Gasteiger partial charge in [-0.1, -0.05) is 20.8 Å². The molecule has 0 radical (unpaired) electrons. The molecule has 1 rings (SSSR count). The lowest BCUT2D eigenvalue weighted by molar-refractivity contribution is -0.125. The van der Waals surface area contributed by atoms with Crippen molar-refractivity contribution in [3.63, 3.8) is 0 Å². The Morgan fingerprint density at radius 2 is 2.00 bits per heavy atom. The predicted molar refractivity (Wildman–Crippen MR) is 76.2 cm³/mol. The summed E-state index contributed by atoms with van der Waals surface area (Å²) < 4.78 is 25.6. The highest BCUT2D eigenvalue weighted by Gasteiger charge is 2.38. The Labute approximate surface area is 116 Å². The van der Waals surface area contributed by atoms with E-state index in [4.69, 9.17) is 0 Å². The summed E-state index contributed by atoms with van der Waals surface area (Å²) in [5.74, 6) is 0.306. The summed E-state index contributed by atoms with van der Waals surface area (Å²) in [5.41, 5.74) is 0. The van der Waals surface area contributed by atoms with Crippen molar-refractivity contribution < 1.29 is 13.2 Å². The van der Waals surface area contributed by atoms with Gasteiger partial charge in [0.05, 0.1) is 5.75 Å². The minimum absolute atomic E-state index is 0.0591. The normalized spacial score (nSPS) is 22.7. The average Bonchev–Trinajstić information content (AvgIpc) is 2.78. The van der Waals surface area contributed by atoms with Crippen molar-refractivity contribution in [1.82, 2.24) is 9.62 Å². The summed E-state index contributed by atoms with van der Waals surface area (Å²) in [4.78, 5) is 12.2. The highest BCUT2D eigenvalue weighted by atomic mass is 32.2. The fourth-order valence-electron chi connectivity index (χ4n) is 2.20. The molecule has 1 aliphatic rings. The molecule has 5 nitrogen and oxygen atoms in total. The summed E-state index contributed by atoms with van der Waals surface area (Å²) in [6.07, 6.45) is 1.96. The quantitative estimate of drug-likeness (QED) is 0.803. The van der Waals surface area contributed by atoms with Gasteiger partial charge in [0, 0.05) is 12.6 Å². The lowest BCUT2D eigenvalue weighted by atomic mass is 10.1. The second-order valence-electron chi connectivity index (χ2n) is 5.63. The zero-order chi connectivity index (χ0) is 14.6. The maximum Gasteiger partial charge on any atom is 0.238 e. The van der Waals surface area contributed by atoms with Gasteiger partial charge in [0.2, 0.25) is 15.9 Å². The van der Waals surface area contributed by atoms with Crippen LogP contribution in [0.3, 0.4) is 0 Å². The predicted octanol–water partition coefficient (Wildman–Crippen LogP) is 1.35. The van der Waals surface area contributed by atoms with Gasteiger partial charge in [0.1, 0.15) is 6.04 Å². The van der Waals surface area contributed by atoms with Crippen LogP contribution in [0.25, 0.3) is 0 Å². The van der Waals surface area contributed by atoms with Gasteiger partial charge < -0.3 is 5.32 Å². The first-order valence-electron chi connectivity index (χ1n) is 7.09. The Morgan fingerprint density at radius 3 is 2.53 bits per heavy atom. The van der Waals surface area contributed by atoms with Gasteiger partial charge in [0.15, 0.2) is 0 Å². The van der Waals surface area contributed by atoms with Crippen molar-refractivity contribution in [3.05, 3.63) is 0 Å². The molecule has 0 aliphatic carbocycles. The number of hydrogen-bond acceptors (Lipinski definition) is 3. The van der Waals surface area contributed by atoms with Crippen LogP contribution in [0, 0.1) is 5.92 Å². The minimum atomic E-state index is -3.29. The number of rotatable bonds is 6. The Balaban J connectivity index is 2.74. The van der Waals surface area contributed by atoms with Gasteiger partial charge in [-0.2, -0.15) is 4.31 Å². The summed E-state index contributed by atoms with van der Waals surface area (Å²) >= 11 is 0. The molecule has 2 atom stereocenters. The first-order valence-corrected chi connectivity index (χ1v) is 8.70. The van der Waals surface area contributed by atoms with Gasteiger partial charge in [-0.25, -0.2) is 8.42 Å². The van der Waals surface area contributed by atoms with Crippen LogP contribution in [-0.2, 0) is 14.8 Å². The fraction of sp³-hybridized carbons (Fsp3) is 0.923. The van der Waals surface area contributed by atoms with E-state index in [2.05, 4.69) is 5.32 Å². The zero-order valence-electron chi connectivity index (χ0n) is 12.3. The number of sulfonamides is 1. The fourth-order valence-corrected chi connectivity index (χ4v) is 3.94. The molecule has 0 aromatic heterocycles. The lowest BCUT2D eigenvalue weighted by Crippen LogP contribution is -2.49. The van der Waals surface area contributed by atoms with Gasteiger partial charge in [-0.15, -0.1) is 0 Å². The van der Waals surface area contributed by atoms with E-state index in [0.717, 1.165) is 6.42 Å². The van der Waals surface area contributed by atoms with Crippen molar-refractivity contribution >= 4 is 15.9 Å². The van der Waals surface area contributed by atoms with Crippen molar-refractivity contribution in [1.29, 1.82) is 0 Å². The van der Waals surface area contributed by atoms with Crippen LogP contribution < -0.4 is 5.32 Å². The van der Waals surface area contributed by atoms with Crippen LogP contribution >= 0.6 is 0 Å². The van der Waals surface area contributed by atoms with Crippen LogP contribution in [0.4, 0.5) is 0 Å². The Bertz CT molecular complexity index is 406. The largest absolute Gasteiger partial charge is 0.352 e. The van der Waals surface area contributed by atoms with Crippen molar-refractivity contribution in [2.45, 2.75) is 59.0 Å². The van der Waals surface area contributed by atoms with Gasteiger partial charge in [-0.3, -0.25) is 4.79 Å². The molecule has 112 valence electrons. The molecule has 1 saturated heterocycles. The maximum atomic E-state index is 12.2. The van der Waals surface area contributed by atoms with Crippen LogP contribution in [0.2, 0.25) is 0 Å². The molecule has 1 aliphatic heterocycles. The van der Waals surface area contributed by atoms with Crippen LogP contribution in [0.15, 0.2) is 0 Å². The van der Waals surface area contributed by atoms with Crippen LogP contribution in [0.5, 0.6) is 0 Å². The molecule has 0 bridgehead atoms. The molecule has 0 saturated carbocycles. The minimum Gasteiger partial charge on any atom is -0.352 e. The Kier molecular flexibility index (Phi) is 5.80. The van der Waals surface area contributed by atoms with E-state index in [-0.39, 0.29) is 17.7 Å². The van der Waals surface area contributed by atoms with Gasteiger partial charge in [-0.05, 0) is 32.1 Å². The summed E-state index contributed by atoms with van der Waals surface area (Å²) in [7, 11) is -3.29. The molecule has 6 heteroatoms. The van der Waals surface area contributed by atoms with Crippen molar-refractivity contribution in [3.8, 4) is 0 Å². The molecule has 1 amide bonds. The van der Waals surface area contributed by atoms with E-state index >= 15 is 0 Å². The lowest BCUT2D eigenvalue weighted by Gasteiger charge is -2.26. The van der Waals surface area contributed by atoms with E-state index in [1.54, 1.807) is 0 Å². The summed E-state index contributed by atoms with van der Waals surface area (Å²) in [6.45, 7) is 8.32. The zero-order valence-corrected chi connectivity index (χ0v) is 13.2. The summed E-state index contributed by atoms with van der Waals surface area (Å²) in [5, 5.41) is 2.92. The van der Waals surface area contributed by atoms with Crippen LogP contribution in [-0.4, -0.2) is 43.0 Å². The number of nitrogens with zero attached hydrogens (tertiary/aromatic N) is 1. The summed E-state index contributed by atoms with van der Waals surface area (Å²) in [6, 6.07) is -0.457. The number of carbonyl (C=O) groups excluding carboxylic acids is 1. The molecule has 1 fully saturated rings. The molecular formula is C13H26N2O3S. The molecule has 1 heterocycles. The smallest absolute Gasteiger partial charge is 0.238 e. The maximum absolute atomic E-state index is 12.2. The highest BCUT2D eigenvalue weighted by molar-refractivity contribution is 7.89. The SMILES string of the molecule is CCCS(=O)(=O)N1CCCC1C(=O)NC(C)C(C)C. The third-order valence-electron chi connectivity index (χ3n) is 3.70. The van der Waals surface area contributed by atoms with E-state index in [1.807, 2.05) is 27.7 Å². The van der Waals surface area contributed by atoms with Crippen molar-refractivity contribution in [2.75, 3.05) is 12.3 Å². The monoisotopic (exact) mass is 290 g/mol. The molecular weight excluding hydrogens is 264 g/mol. The number of nitrogens with one attached hydrogen (secondary N) is 1. The van der Waals surface area contributed by atoms with E-state index in [0.29, 0.717) is 25.3 Å². The first kappa shape index (κ1) is 16.4. The van der Waals surface area contributed by atoms with E-state index < -0.39 is 16.1 Å². The molecule has 1 N–H and O–H groups in total.